The molecule has 39 valence electrons. The molecule has 0 spiro atoms. The molecule has 3 heteroatoms. The highest BCUT2D eigenvalue weighted by atomic mass is 16.5. The van der Waals surface area contributed by atoms with E-state index in [2.05, 4.69) is 4.74 Å². The van der Waals surface area contributed by atoms with E-state index in [9.17, 15) is 4.79 Å². The molecular formula is C4H5O3. The second-order valence-corrected chi connectivity index (χ2v) is 1.29. The van der Waals surface area contributed by atoms with E-state index in [1.807, 2.05) is 0 Å². The van der Waals surface area contributed by atoms with Gasteiger partial charge in [0, 0.05) is 0 Å². The number of rotatable bonds is 1. The van der Waals surface area contributed by atoms with Gasteiger partial charge in [0.15, 0.2) is 11.9 Å². The summed E-state index contributed by atoms with van der Waals surface area (Å²) in [5.74, 6) is -0.0810. The smallest absolute Gasteiger partial charge is 0.196 e. The first-order valence-corrected chi connectivity index (χ1v) is 1.97. The molecule has 3 nitrogen and oxygen atoms in total. The van der Waals surface area contributed by atoms with Crippen molar-refractivity contribution in [2.75, 3.05) is 13.2 Å². The molecule has 0 aromatic rings. The fraction of sp³-hybridized carbons (Fsp3) is 0.500. The first-order valence-electron chi connectivity index (χ1n) is 1.97. The summed E-state index contributed by atoms with van der Waals surface area (Å²) in [6.07, 6.45) is 0.194. The van der Waals surface area contributed by atoms with Gasteiger partial charge in [0.1, 0.15) is 6.61 Å². The maximum Gasteiger partial charge on any atom is 0.196 e. The first-order chi connectivity index (χ1) is 3.34. The number of carbonyl (C=O) groups is 1. The van der Waals surface area contributed by atoms with Crippen LogP contribution < -0.4 is 0 Å². The van der Waals surface area contributed by atoms with Crippen molar-refractivity contribution in [3.63, 3.8) is 0 Å². The third-order valence-corrected chi connectivity index (χ3v) is 0.832. The van der Waals surface area contributed by atoms with Gasteiger partial charge in [-0.15, -0.1) is 0 Å². The zero-order valence-corrected chi connectivity index (χ0v) is 3.68. The van der Waals surface area contributed by atoms with E-state index in [-0.39, 0.29) is 25.1 Å². The molecule has 1 saturated heterocycles. The van der Waals surface area contributed by atoms with Gasteiger partial charge >= 0.3 is 0 Å². The van der Waals surface area contributed by atoms with E-state index in [0.717, 1.165) is 0 Å². The van der Waals surface area contributed by atoms with Gasteiger partial charge in [-0.3, -0.25) is 4.79 Å². The number of hydrogen-bond acceptors (Lipinski definition) is 3. The van der Waals surface area contributed by atoms with Crippen molar-refractivity contribution in [2.45, 2.75) is 0 Å². The fourth-order valence-electron chi connectivity index (χ4n) is 0.367. The lowest BCUT2D eigenvalue weighted by molar-refractivity contribution is -0.141. The summed E-state index contributed by atoms with van der Waals surface area (Å²) in [5.41, 5.74) is 0. The normalized spacial score (nSPS) is 22.1. The van der Waals surface area contributed by atoms with Crippen molar-refractivity contribution in [3.05, 3.63) is 6.10 Å². The largest absolute Gasteiger partial charge is 0.393 e. The van der Waals surface area contributed by atoms with Crippen molar-refractivity contribution >= 4 is 5.78 Å². The van der Waals surface area contributed by atoms with Crippen LogP contribution in [-0.2, 0) is 9.53 Å². The molecule has 1 aliphatic rings. The van der Waals surface area contributed by atoms with Gasteiger partial charge in [0.2, 0.25) is 0 Å². The van der Waals surface area contributed by atoms with Crippen LogP contribution in [0, 0.1) is 6.10 Å². The van der Waals surface area contributed by atoms with Gasteiger partial charge in [-0.2, -0.15) is 0 Å². The van der Waals surface area contributed by atoms with Crippen molar-refractivity contribution in [3.8, 4) is 0 Å². The van der Waals surface area contributed by atoms with Gasteiger partial charge in [0.25, 0.3) is 0 Å². The van der Waals surface area contributed by atoms with E-state index in [4.69, 9.17) is 5.11 Å². The molecule has 1 fully saturated rings. The molecule has 0 aromatic carbocycles. The molecular weight excluding hydrogens is 96.0 g/mol. The van der Waals surface area contributed by atoms with Crippen LogP contribution in [0.4, 0.5) is 0 Å². The molecule has 1 N–H and O–H groups in total. The minimum Gasteiger partial charge on any atom is -0.393 e. The summed E-state index contributed by atoms with van der Waals surface area (Å²) in [5, 5.41) is 8.17. The quantitative estimate of drug-likeness (QED) is 0.466. The number of ketones is 1. The molecule has 1 radical (unpaired) electrons. The lowest BCUT2D eigenvalue weighted by Crippen LogP contribution is -2.34. The van der Waals surface area contributed by atoms with Crippen molar-refractivity contribution in [1.82, 2.24) is 0 Å². The topological polar surface area (TPSA) is 46.5 Å². The second-order valence-electron chi connectivity index (χ2n) is 1.29. The predicted octanol–water partition coefficient (Wildman–Crippen LogP) is -0.890. The third-order valence-electron chi connectivity index (χ3n) is 0.832. The van der Waals surface area contributed by atoms with Crippen LogP contribution in [0.3, 0.4) is 0 Å². The van der Waals surface area contributed by atoms with Gasteiger partial charge in [-0.25, -0.2) is 0 Å². The average Bonchev–Trinajstić information content (AvgIpc) is 1.65. The Hall–Kier alpha value is -0.410. The van der Waals surface area contributed by atoms with Crippen LogP contribution in [0.2, 0.25) is 0 Å². The molecule has 7 heavy (non-hydrogen) atoms. The Morgan fingerprint density at radius 1 is 1.86 bits per heavy atom. The number of carbonyl (C=O) groups excluding carboxylic acids is 1. The van der Waals surface area contributed by atoms with Crippen LogP contribution in [0.25, 0.3) is 0 Å². The van der Waals surface area contributed by atoms with Gasteiger partial charge < -0.3 is 9.84 Å². The van der Waals surface area contributed by atoms with Gasteiger partial charge in [-0.05, 0) is 0 Å². The van der Waals surface area contributed by atoms with E-state index < -0.39 is 0 Å². The highest BCUT2D eigenvalue weighted by molar-refractivity contribution is 5.95. The van der Waals surface area contributed by atoms with Crippen molar-refractivity contribution in [2.24, 2.45) is 0 Å². The predicted molar refractivity (Wildman–Crippen MR) is 21.3 cm³/mol. The number of Topliss-reactive ketones (excluding diaryl/α,β-unsaturated/α-hetero) is 1. The number of aliphatic hydroxyl groups is 1. The summed E-state index contributed by atoms with van der Waals surface area (Å²) >= 11 is 0. The molecule has 0 saturated carbocycles. The summed E-state index contributed by atoms with van der Waals surface area (Å²) in [6, 6.07) is 0. The summed E-state index contributed by atoms with van der Waals surface area (Å²) in [6.45, 7) is -0.102. The van der Waals surface area contributed by atoms with E-state index >= 15 is 0 Å². The number of hydrogen-bond donors (Lipinski definition) is 1. The maximum atomic E-state index is 10.1. The van der Waals surface area contributed by atoms with Crippen molar-refractivity contribution < 1.29 is 14.6 Å². The highest BCUT2D eigenvalue weighted by Crippen LogP contribution is 2.12. The monoisotopic (exact) mass is 101 g/mol. The third kappa shape index (κ3) is 0.642. The van der Waals surface area contributed by atoms with Crippen LogP contribution in [-0.4, -0.2) is 24.1 Å². The Kier molecular flexibility index (Phi) is 1.08. The molecule has 0 aromatic heterocycles. The first kappa shape index (κ1) is 4.74. The van der Waals surface area contributed by atoms with Crippen LogP contribution in [0.15, 0.2) is 0 Å². The number of aliphatic hydroxyl groups excluding tert-OH is 1. The molecule has 0 amide bonds. The highest BCUT2D eigenvalue weighted by Gasteiger charge is 2.29. The summed E-state index contributed by atoms with van der Waals surface area (Å²) in [4.78, 5) is 10.1. The molecule has 0 atom stereocenters. The number of ether oxygens (including phenoxy) is 1. The lowest BCUT2D eigenvalue weighted by Gasteiger charge is -2.19. The Morgan fingerprint density at radius 3 is 2.57 bits per heavy atom. The van der Waals surface area contributed by atoms with E-state index in [1.54, 1.807) is 0 Å². The van der Waals surface area contributed by atoms with Crippen molar-refractivity contribution in [1.29, 1.82) is 0 Å². The summed E-state index contributed by atoms with van der Waals surface area (Å²) < 4.78 is 4.51. The molecule has 0 bridgehead atoms. The van der Waals surface area contributed by atoms with Crippen LogP contribution in [0.5, 0.6) is 0 Å². The Balaban J connectivity index is 2.29. The van der Waals surface area contributed by atoms with Gasteiger partial charge in [0.05, 0.1) is 6.61 Å². The zero-order valence-electron chi connectivity index (χ0n) is 3.68. The maximum absolute atomic E-state index is 10.1. The van der Waals surface area contributed by atoms with E-state index in [1.165, 1.54) is 0 Å². The van der Waals surface area contributed by atoms with Gasteiger partial charge in [-0.1, -0.05) is 0 Å². The minimum atomic E-state index is -0.251. The molecule has 1 heterocycles. The average molecular weight is 101 g/mol. The Labute approximate surface area is 40.9 Å². The molecule has 0 unspecified atom stereocenters. The standard InChI is InChI=1S/C4H5O3/c5-1-4-3(6)2-7-4/h5H,1-2H2. The van der Waals surface area contributed by atoms with E-state index in [0.29, 0.717) is 0 Å². The molecule has 1 rings (SSSR count). The summed E-state index contributed by atoms with van der Waals surface area (Å²) in [7, 11) is 0. The molecule has 1 aliphatic heterocycles. The Morgan fingerprint density at radius 2 is 2.57 bits per heavy atom. The Bertz CT molecular complexity index is 86.9. The fourth-order valence-corrected chi connectivity index (χ4v) is 0.367. The lowest BCUT2D eigenvalue weighted by atomic mass is 10.2. The minimum absolute atomic E-state index is 0.0810. The zero-order chi connectivity index (χ0) is 5.28. The van der Waals surface area contributed by atoms with Crippen LogP contribution >= 0.6 is 0 Å². The SMILES string of the molecule is O=C1CO[C]1CO. The molecule has 0 aliphatic carbocycles. The van der Waals surface area contributed by atoms with Crippen LogP contribution in [0.1, 0.15) is 0 Å². The second kappa shape index (κ2) is 1.60.